The Morgan fingerprint density at radius 3 is 2.57 bits per heavy atom. The zero-order valence-corrected chi connectivity index (χ0v) is 4.65. The highest BCUT2D eigenvalue weighted by molar-refractivity contribution is 5.08. The molecule has 0 aliphatic rings. The first kappa shape index (κ1) is 6.28. The number of rotatable bonds is 2. The molecule has 0 rings (SSSR count). The molecule has 0 aromatic rings. The van der Waals surface area contributed by atoms with E-state index in [9.17, 15) is 0 Å². The first-order chi connectivity index (χ1) is 3.27. The van der Waals surface area contributed by atoms with Gasteiger partial charge in [-0.1, -0.05) is 19.6 Å². The van der Waals surface area contributed by atoms with Gasteiger partial charge >= 0.3 is 0 Å². The third kappa shape index (κ3) is 5.28. The SMILES string of the molecule is C=C(N)/C=C/CC. The van der Waals surface area contributed by atoms with Crippen molar-refractivity contribution in [2.24, 2.45) is 5.73 Å². The summed E-state index contributed by atoms with van der Waals surface area (Å²) in [5, 5.41) is 0. The average Bonchev–Trinajstić information content (AvgIpc) is 1.61. The number of hydrogen-bond donors (Lipinski definition) is 1. The summed E-state index contributed by atoms with van der Waals surface area (Å²) < 4.78 is 0. The molecule has 2 N–H and O–H groups in total. The van der Waals surface area contributed by atoms with E-state index in [1.807, 2.05) is 6.08 Å². The van der Waals surface area contributed by atoms with Crippen LogP contribution in [0.2, 0.25) is 0 Å². The molecule has 0 aromatic heterocycles. The fourth-order valence-corrected chi connectivity index (χ4v) is 0.269. The highest BCUT2D eigenvalue weighted by Gasteiger charge is 1.67. The second-order valence-corrected chi connectivity index (χ2v) is 1.39. The van der Waals surface area contributed by atoms with Crippen molar-refractivity contribution in [2.75, 3.05) is 0 Å². The van der Waals surface area contributed by atoms with Crippen molar-refractivity contribution in [3.63, 3.8) is 0 Å². The molecular formula is C6H11N. The lowest BCUT2D eigenvalue weighted by molar-refractivity contribution is 1.21. The van der Waals surface area contributed by atoms with Crippen molar-refractivity contribution in [3.8, 4) is 0 Å². The molecule has 7 heavy (non-hydrogen) atoms. The Bertz CT molecular complexity index is 82.2. The molecule has 0 bridgehead atoms. The lowest BCUT2D eigenvalue weighted by Gasteiger charge is -1.81. The van der Waals surface area contributed by atoms with Gasteiger partial charge in [-0.15, -0.1) is 0 Å². The molecular weight excluding hydrogens is 86.1 g/mol. The van der Waals surface area contributed by atoms with Gasteiger partial charge in [-0.05, 0) is 12.5 Å². The molecule has 0 heterocycles. The van der Waals surface area contributed by atoms with E-state index < -0.39 is 0 Å². The Kier molecular flexibility index (Phi) is 3.11. The fourth-order valence-electron chi connectivity index (χ4n) is 0.269. The lowest BCUT2D eigenvalue weighted by Crippen LogP contribution is -1.87. The zero-order chi connectivity index (χ0) is 5.70. The third-order valence-corrected chi connectivity index (χ3v) is 0.568. The van der Waals surface area contributed by atoms with E-state index in [2.05, 4.69) is 13.5 Å². The van der Waals surface area contributed by atoms with E-state index in [1.54, 1.807) is 6.08 Å². The molecule has 1 nitrogen and oxygen atoms in total. The molecule has 0 amide bonds. The van der Waals surface area contributed by atoms with E-state index in [0.29, 0.717) is 5.70 Å². The summed E-state index contributed by atoms with van der Waals surface area (Å²) in [6.45, 7) is 5.54. The van der Waals surface area contributed by atoms with Crippen LogP contribution in [0.25, 0.3) is 0 Å². The van der Waals surface area contributed by atoms with Crippen LogP contribution in [-0.2, 0) is 0 Å². The highest BCUT2D eigenvalue weighted by Crippen LogP contribution is 1.82. The summed E-state index contributed by atoms with van der Waals surface area (Å²) in [6.07, 6.45) is 4.80. The van der Waals surface area contributed by atoms with Gasteiger partial charge in [0.1, 0.15) is 0 Å². The van der Waals surface area contributed by atoms with Crippen LogP contribution >= 0.6 is 0 Å². The van der Waals surface area contributed by atoms with Gasteiger partial charge in [-0.25, -0.2) is 0 Å². The van der Waals surface area contributed by atoms with Crippen molar-refractivity contribution < 1.29 is 0 Å². The van der Waals surface area contributed by atoms with Crippen LogP contribution in [0.4, 0.5) is 0 Å². The smallest absolute Gasteiger partial charge is 0.0237 e. The molecule has 1 heteroatoms. The van der Waals surface area contributed by atoms with E-state index >= 15 is 0 Å². The Balaban J connectivity index is 3.26. The topological polar surface area (TPSA) is 26.0 Å². The molecule has 0 saturated heterocycles. The minimum Gasteiger partial charge on any atom is -0.399 e. The quantitative estimate of drug-likeness (QED) is 0.518. The summed E-state index contributed by atoms with van der Waals surface area (Å²) in [5.41, 5.74) is 5.82. The monoisotopic (exact) mass is 97.1 g/mol. The van der Waals surface area contributed by atoms with Gasteiger partial charge < -0.3 is 5.73 Å². The van der Waals surface area contributed by atoms with Gasteiger partial charge in [0.25, 0.3) is 0 Å². The molecule has 0 atom stereocenters. The van der Waals surface area contributed by atoms with Gasteiger partial charge in [0, 0.05) is 5.70 Å². The largest absolute Gasteiger partial charge is 0.399 e. The minimum absolute atomic E-state index is 0.627. The van der Waals surface area contributed by atoms with Crippen LogP contribution < -0.4 is 5.73 Å². The Labute approximate surface area is 44.5 Å². The van der Waals surface area contributed by atoms with Crippen molar-refractivity contribution in [2.45, 2.75) is 13.3 Å². The normalized spacial score (nSPS) is 9.86. The predicted octanol–water partition coefficient (Wildman–Crippen LogP) is 1.43. The molecule has 0 aliphatic heterocycles. The van der Waals surface area contributed by atoms with Gasteiger partial charge in [0.15, 0.2) is 0 Å². The number of hydrogen-bond acceptors (Lipinski definition) is 1. The van der Waals surface area contributed by atoms with Crippen molar-refractivity contribution in [1.29, 1.82) is 0 Å². The molecule has 40 valence electrons. The van der Waals surface area contributed by atoms with Crippen LogP contribution in [-0.4, -0.2) is 0 Å². The summed E-state index contributed by atoms with van der Waals surface area (Å²) in [6, 6.07) is 0. The summed E-state index contributed by atoms with van der Waals surface area (Å²) in [5.74, 6) is 0. The van der Waals surface area contributed by atoms with Crippen LogP contribution in [0.1, 0.15) is 13.3 Å². The molecule has 0 unspecified atom stereocenters. The van der Waals surface area contributed by atoms with Crippen LogP contribution in [0, 0.1) is 0 Å². The number of allylic oxidation sites excluding steroid dienone is 2. The van der Waals surface area contributed by atoms with E-state index in [4.69, 9.17) is 5.73 Å². The second-order valence-electron chi connectivity index (χ2n) is 1.39. The maximum absolute atomic E-state index is 5.20. The zero-order valence-electron chi connectivity index (χ0n) is 4.65. The minimum atomic E-state index is 0.627. The maximum atomic E-state index is 5.20. The number of nitrogens with two attached hydrogens (primary N) is 1. The summed E-state index contributed by atoms with van der Waals surface area (Å²) in [4.78, 5) is 0. The van der Waals surface area contributed by atoms with Gasteiger partial charge in [0.2, 0.25) is 0 Å². The first-order valence-electron chi connectivity index (χ1n) is 2.38. The van der Waals surface area contributed by atoms with Crippen LogP contribution in [0.15, 0.2) is 24.4 Å². The van der Waals surface area contributed by atoms with Gasteiger partial charge in [-0.3, -0.25) is 0 Å². The Morgan fingerprint density at radius 2 is 2.43 bits per heavy atom. The molecule has 0 aromatic carbocycles. The van der Waals surface area contributed by atoms with Crippen molar-refractivity contribution in [1.82, 2.24) is 0 Å². The predicted molar refractivity (Wildman–Crippen MR) is 32.8 cm³/mol. The van der Waals surface area contributed by atoms with E-state index in [1.165, 1.54) is 0 Å². The average molecular weight is 97.2 g/mol. The molecule has 0 aliphatic carbocycles. The lowest BCUT2D eigenvalue weighted by atomic mass is 10.4. The molecule has 0 radical (unpaired) electrons. The van der Waals surface area contributed by atoms with E-state index in [-0.39, 0.29) is 0 Å². The summed E-state index contributed by atoms with van der Waals surface area (Å²) in [7, 11) is 0. The Hall–Kier alpha value is -0.720. The third-order valence-electron chi connectivity index (χ3n) is 0.568. The van der Waals surface area contributed by atoms with Gasteiger partial charge in [0.05, 0.1) is 0 Å². The molecule has 0 saturated carbocycles. The molecule has 0 fully saturated rings. The van der Waals surface area contributed by atoms with Gasteiger partial charge in [-0.2, -0.15) is 0 Å². The van der Waals surface area contributed by atoms with Crippen LogP contribution in [0.5, 0.6) is 0 Å². The summed E-state index contributed by atoms with van der Waals surface area (Å²) >= 11 is 0. The first-order valence-corrected chi connectivity index (χ1v) is 2.38. The van der Waals surface area contributed by atoms with Crippen molar-refractivity contribution >= 4 is 0 Å². The highest BCUT2D eigenvalue weighted by atomic mass is 14.5. The van der Waals surface area contributed by atoms with Crippen LogP contribution in [0.3, 0.4) is 0 Å². The van der Waals surface area contributed by atoms with E-state index in [0.717, 1.165) is 6.42 Å². The Morgan fingerprint density at radius 1 is 1.86 bits per heavy atom. The second kappa shape index (κ2) is 3.47. The standard InChI is InChI=1S/C6H11N/c1-3-4-5-6(2)7/h4-5H,2-3,7H2,1H3/b5-4+. The maximum Gasteiger partial charge on any atom is 0.0237 e. The molecule has 0 spiro atoms. The van der Waals surface area contributed by atoms with Crippen molar-refractivity contribution in [3.05, 3.63) is 24.4 Å². The fraction of sp³-hybridized carbons (Fsp3) is 0.333.